The van der Waals surface area contributed by atoms with Gasteiger partial charge >= 0.3 is 18.6 Å². The average Bonchev–Trinajstić information content (AvgIpc) is 3.78. The maximum atomic E-state index is 13.5. The number of esters is 2. The van der Waals surface area contributed by atoms with Crippen LogP contribution in [-0.4, -0.2) is 50.6 Å². The lowest BCUT2D eigenvalue weighted by Crippen LogP contribution is -2.35. The van der Waals surface area contributed by atoms with Crippen LogP contribution in [0.5, 0.6) is 11.5 Å². The van der Waals surface area contributed by atoms with Crippen molar-refractivity contribution in [2.45, 2.75) is 64.9 Å². The second-order valence-electron chi connectivity index (χ2n) is 12.9. The molecular formula is C34H35Cl2F2N3O9S. The molecule has 0 amide bonds. The van der Waals surface area contributed by atoms with E-state index in [1.54, 1.807) is 49.7 Å². The van der Waals surface area contributed by atoms with E-state index in [1.165, 1.54) is 24.3 Å². The summed E-state index contributed by atoms with van der Waals surface area (Å²) >= 11 is 10.2. The van der Waals surface area contributed by atoms with E-state index in [2.05, 4.69) is 4.74 Å². The molecule has 1 unspecified atom stereocenters. The molecule has 5 rings (SSSR count). The number of anilines is 1. The summed E-state index contributed by atoms with van der Waals surface area (Å²) in [6.07, 6.45) is 4.60. The molecule has 0 spiro atoms. The highest BCUT2D eigenvalue weighted by molar-refractivity contribution is 7.80. The molecule has 2 atom stereocenters. The quantitative estimate of drug-likeness (QED) is 0.0599. The normalized spacial score (nSPS) is 14.3. The highest BCUT2D eigenvalue weighted by atomic mass is 35.5. The Morgan fingerprint density at radius 2 is 1.78 bits per heavy atom. The van der Waals surface area contributed by atoms with E-state index in [0.717, 1.165) is 29.5 Å². The fraction of sp³-hybridized carbons (Fsp3) is 0.382. The topological polar surface area (TPSA) is 143 Å². The van der Waals surface area contributed by atoms with Crippen LogP contribution in [0, 0.1) is 11.1 Å². The lowest BCUT2D eigenvalue weighted by molar-refractivity contribution is -0.605. The number of aromatic nitrogens is 2. The predicted molar refractivity (Wildman–Crippen MR) is 185 cm³/mol. The molecule has 1 saturated carbocycles. The summed E-state index contributed by atoms with van der Waals surface area (Å²) in [4.78, 5) is 25.9. The zero-order chi connectivity index (χ0) is 37.0. The number of hydrogen-bond donors (Lipinski definition) is 1. The summed E-state index contributed by atoms with van der Waals surface area (Å²) in [5.41, 5.74) is 0.737. The van der Waals surface area contributed by atoms with Gasteiger partial charge in [-0.15, -0.1) is 0 Å². The Bertz CT molecular complexity index is 1910. The summed E-state index contributed by atoms with van der Waals surface area (Å²) in [7, 11) is 0. The Morgan fingerprint density at radius 3 is 2.41 bits per heavy atom. The molecule has 51 heavy (non-hydrogen) atoms. The summed E-state index contributed by atoms with van der Waals surface area (Å²) < 4.78 is 73.2. The molecule has 2 heterocycles. The van der Waals surface area contributed by atoms with Crippen LogP contribution >= 0.6 is 23.2 Å². The van der Waals surface area contributed by atoms with E-state index >= 15 is 0 Å². The van der Waals surface area contributed by atoms with Crippen LogP contribution in [-0.2, 0) is 43.3 Å². The van der Waals surface area contributed by atoms with Crippen LogP contribution in [0.15, 0.2) is 61.1 Å². The number of nitrogens with zero attached hydrogens (tertiary/aromatic N) is 3. The monoisotopic (exact) mass is 769 g/mol. The summed E-state index contributed by atoms with van der Waals surface area (Å²) in [6.45, 7) is 1.50. The predicted octanol–water partition coefficient (Wildman–Crippen LogP) is 6.78. The number of carbonyl (C=O) groups is 2. The van der Waals surface area contributed by atoms with Gasteiger partial charge in [0, 0.05) is 29.1 Å². The van der Waals surface area contributed by atoms with Crippen molar-refractivity contribution >= 4 is 63.0 Å². The molecule has 0 radical (unpaired) electrons. The highest BCUT2D eigenvalue weighted by Crippen LogP contribution is 2.38. The number of hydrogen-bond acceptors (Lipinski definition) is 8. The largest absolute Gasteiger partial charge is 0.619 e. The molecule has 0 aliphatic heterocycles. The first-order valence-electron chi connectivity index (χ1n) is 15.7. The van der Waals surface area contributed by atoms with Gasteiger partial charge in [-0.2, -0.15) is 13.5 Å². The maximum absolute atomic E-state index is 13.5. The van der Waals surface area contributed by atoms with Gasteiger partial charge < -0.3 is 28.7 Å². The molecule has 0 bridgehead atoms. The average molecular weight is 771 g/mol. The minimum atomic E-state index is -3.10. The van der Waals surface area contributed by atoms with Gasteiger partial charge in [0.25, 0.3) is 11.3 Å². The molecule has 1 aliphatic rings. The van der Waals surface area contributed by atoms with E-state index in [4.69, 9.17) is 37.4 Å². The molecule has 1 fully saturated rings. The minimum Gasteiger partial charge on any atom is -0.619 e. The summed E-state index contributed by atoms with van der Waals surface area (Å²) in [6, 6.07) is 10.6. The van der Waals surface area contributed by atoms with Crippen molar-refractivity contribution in [3.63, 3.8) is 0 Å². The van der Waals surface area contributed by atoms with E-state index < -0.39 is 48.1 Å². The number of benzene rings is 2. The second-order valence-corrected chi connectivity index (χ2v) is 14.6. The zero-order valence-electron chi connectivity index (χ0n) is 27.7. The van der Waals surface area contributed by atoms with Crippen LogP contribution in [0.4, 0.5) is 14.5 Å². The van der Waals surface area contributed by atoms with Crippen LogP contribution in [0.25, 0.3) is 10.9 Å². The van der Waals surface area contributed by atoms with Gasteiger partial charge in [0.05, 0.1) is 12.3 Å². The van der Waals surface area contributed by atoms with Crippen molar-refractivity contribution in [2.75, 3.05) is 17.5 Å². The third kappa shape index (κ3) is 10.4. The Labute approximate surface area is 304 Å². The lowest BCUT2D eigenvalue weighted by Gasteiger charge is -2.23. The zero-order valence-corrected chi connectivity index (χ0v) is 30.1. The van der Waals surface area contributed by atoms with Gasteiger partial charge in [0.2, 0.25) is 0 Å². The SMILES string of the molecule is CC(C)(C)OC(=O)CN(c1ccc2c(ccn2CC(=O)O[C@@H](Cc2c(Cl)c[n+]([O-])cc2Cl)c2ccc(OC(F)F)c(OCC3CC3)c2)c1)S(=O)O. The van der Waals surface area contributed by atoms with Crippen molar-refractivity contribution in [3.8, 4) is 11.5 Å². The first-order valence-corrected chi connectivity index (χ1v) is 17.5. The molecule has 274 valence electrons. The minimum absolute atomic E-state index is 0.0261. The first kappa shape index (κ1) is 38.1. The van der Waals surface area contributed by atoms with Gasteiger partial charge in [0.1, 0.15) is 34.8 Å². The fourth-order valence-corrected chi connectivity index (χ4v) is 6.31. The van der Waals surface area contributed by atoms with Crippen molar-refractivity contribution in [3.05, 3.63) is 87.4 Å². The molecule has 12 nitrogen and oxygen atoms in total. The number of ether oxygens (including phenoxy) is 4. The number of fused-ring (bicyclic) bond motifs is 1. The summed E-state index contributed by atoms with van der Waals surface area (Å²) in [5.74, 6) is -1.23. The van der Waals surface area contributed by atoms with Crippen molar-refractivity contribution in [1.29, 1.82) is 0 Å². The van der Waals surface area contributed by atoms with E-state index in [-0.39, 0.29) is 40.2 Å². The van der Waals surface area contributed by atoms with E-state index in [0.29, 0.717) is 39.3 Å². The highest BCUT2D eigenvalue weighted by Gasteiger charge is 2.27. The number of halogens is 4. The number of pyridine rings is 1. The third-order valence-electron chi connectivity index (χ3n) is 7.67. The van der Waals surface area contributed by atoms with Gasteiger partial charge in [-0.1, -0.05) is 29.3 Å². The molecule has 17 heteroatoms. The van der Waals surface area contributed by atoms with Gasteiger partial charge in [-0.3, -0.25) is 18.4 Å². The number of rotatable bonds is 15. The van der Waals surface area contributed by atoms with E-state index in [1.807, 2.05) is 0 Å². The molecule has 0 saturated heterocycles. The molecule has 4 aromatic rings. The Balaban J connectivity index is 1.40. The second kappa shape index (κ2) is 16.0. The van der Waals surface area contributed by atoms with Crippen molar-refractivity contribution in [1.82, 2.24) is 4.57 Å². The maximum Gasteiger partial charge on any atom is 0.387 e. The van der Waals surface area contributed by atoms with Crippen molar-refractivity contribution < 1.29 is 50.8 Å². The Morgan fingerprint density at radius 1 is 1.08 bits per heavy atom. The number of carbonyl (C=O) groups excluding carboxylic acids is 2. The fourth-order valence-electron chi connectivity index (χ4n) is 5.21. The summed E-state index contributed by atoms with van der Waals surface area (Å²) in [5, 5.41) is 12.5. The molecule has 1 aliphatic carbocycles. The Hall–Kier alpha value is -4.18. The third-order valence-corrected chi connectivity index (χ3v) is 9.04. The van der Waals surface area contributed by atoms with Crippen molar-refractivity contribution in [2.24, 2.45) is 5.92 Å². The number of alkyl halides is 2. The molecule has 2 aromatic heterocycles. The van der Waals surface area contributed by atoms with Gasteiger partial charge in [-0.25, -0.2) is 4.21 Å². The van der Waals surface area contributed by atoms with Crippen LogP contribution in [0.1, 0.15) is 50.8 Å². The van der Waals surface area contributed by atoms with Crippen LogP contribution < -0.4 is 18.5 Å². The lowest BCUT2D eigenvalue weighted by atomic mass is 10.0. The first-order chi connectivity index (χ1) is 24.1. The standard InChI is InChI=1S/C34H35Cl2F2N3O9S/c1-34(2,3)50-32(43)18-41(51(45)46)23-7-8-27-21(12-23)10-11-39(27)17-31(42)48-29(14-24-25(35)15-40(44)16-26(24)36)22-6-9-28(49-33(37)38)30(13-22)47-19-20-4-5-20/h6-13,15-16,20,29,33H,4-5,14,17-19H2,1-3H3,(H,45,46)/t29-/m0/s1. The van der Waals surface area contributed by atoms with E-state index in [9.17, 15) is 32.3 Å². The van der Waals surface area contributed by atoms with Crippen LogP contribution in [0.3, 0.4) is 0 Å². The molecule has 1 N–H and O–H groups in total. The van der Waals surface area contributed by atoms with Gasteiger partial charge in [-0.05, 0) is 81.5 Å². The van der Waals surface area contributed by atoms with Crippen LogP contribution in [0.2, 0.25) is 10.0 Å². The van der Waals surface area contributed by atoms with Gasteiger partial charge in [0.15, 0.2) is 23.9 Å². The smallest absolute Gasteiger partial charge is 0.387 e. The molecule has 2 aromatic carbocycles. The Kier molecular flexibility index (Phi) is 11.9. The molecular weight excluding hydrogens is 735 g/mol.